The molecule has 158 valence electrons. The Morgan fingerprint density at radius 2 is 2.10 bits per heavy atom. The second-order valence-electron chi connectivity index (χ2n) is 8.04. The van der Waals surface area contributed by atoms with E-state index in [0.29, 0.717) is 30.8 Å². The number of ether oxygens (including phenoxy) is 1. The second kappa shape index (κ2) is 8.27. The van der Waals surface area contributed by atoms with Crippen LogP contribution < -0.4 is 4.74 Å². The number of amides is 1. The number of hydrogen-bond acceptors (Lipinski definition) is 4. The lowest BCUT2D eigenvalue weighted by Gasteiger charge is -2.44. The maximum Gasteiger partial charge on any atom is 0.254 e. The number of nitriles is 1. The van der Waals surface area contributed by atoms with Gasteiger partial charge < -0.3 is 14.2 Å². The van der Waals surface area contributed by atoms with Gasteiger partial charge in [-0.05, 0) is 31.0 Å². The maximum atomic E-state index is 14.2. The Kier molecular flexibility index (Phi) is 5.51. The fourth-order valence-corrected chi connectivity index (χ4v) is 4.64. The highest BCUT2D eigenvalue weighted by atomic mass is 16.5. The molecule has 1 aliphatic rings. The number of carbonyl (C=O) groups excluding carboxylic acids is 1. The normalized spacial score (nSPS) is 17.9. The molecule has 0 bridgehead atoms. The second-order valence-corrected chi connectivity index (χ2v) is 8.04. The molecular formula is C25H26N4O2. The molecule has 1 aromatic heterocycles. The van der Waals surface area contributed by atoms with Crippen LogP contribution in [0.1, 0.15) is 47.7 Å². The summed E-state index contributed by atoms with van der Waals surface area (Å²) in [5.41, 5.74) is 3.53. The molecule has 6 heteroatoms. The van der Waals surface area contributed by atoms with Crippen LogP contribution in [0.5, 0.6) is 5.75 Å². The van der Waals surface area contributed by atoms with Crippen molar-refractivity contribution in [3.8, 4) is 11.8 Å². The molecule has 0 aliphatic carbocycles. The summed E-state index contributed by atoms with van der Waals surface area (Å²) in [4.78, 5) is 20.4. The van der Waals surface area contributed by atoms with Crippen LogP contribution in [-0.2, 0) is 23.4 Å². The summed E-state index contributed by atoms with van der Waals surface area (Å²) in [6.07, 6.45) is 4.97. The number of rotatable bonds is 6. The van der Waals surface area contributed by atoms with Crippen molar-refractivity contribution in [2.24, 2.45) is 0 Å². The summed E-state index contributed by atoms with van der Waals surface area (Å²) >= 11 is 0. The molecule has 1 amide bonds. The van der Waals surface area contributed by atoms with Crippen molar-refractivity contribution in [2.75, 3.05) is 7.11 Å². The van der Waals surface area contributed by atoms with E-state index in [1.54, 1.807) is 25.6 Å². The minimum Gasteiger partial charge on any atom is -0.496 e. The Labute approximate surface area is 182 Å². The van der Waals surface area contributed by atoms with Gasteiger partial charge in [0.15, 0.2) is 5.54 Å². The van der Waals surface area contributed by atoms with Gasteiger partial charge in [0.05, 0.1) is 37.3 Å². The van der Waals surface area contributed by atoms with E-state index in [0.717, 1.165) is 23.2 Å². The molecule has 0 saturated heterocycles. The van der Waals surface area contributed by atoms with Crippen LogP contribution in [0, 0.1) is 18.3 Å². The first kappa shape index (κ1) is 20.7. The largest absolute Gasteiger partial charge is 0.496 e. The topological polar surface area (TPSA) is 71.2 Å². The van der Waals surface area contributed by atoms with Crippen LogP contribution in [0.15, 0.2) is 55.0 Å². The average molecular weight is 415 g/mol. The first-order valence-corrected chi connectivity index (χ1v) is 10.5. The van der Waals surface area contributed by atoms with Gasteiger partial charge in [0.2, 0.25) is 0 Å². The molecule has 4 rings (SSSR count). The van der Waals surface area contributed by atoms with Crippen LogP contribution in [0.4, 0.5) is 0 Å². The summed E-state index contributed by atoms with van der Waals surface area (Å²) in [5, 5.41) is 9.34. The van der Waals surface area contributed by atoms with Gasteiger partial charge in [-0.2, -0.15) is 5.26 Å². The van der Waals surface area contributed by atoms with E-state index in [4.69, 9.17) is 4.74 Å². The minimum absolute atomic E-state index is 0.0179. The summed E-state index contributed by atoms with van der Waals surface area (Å²) in [6, 6.07) is 15.7. The summed E-state index contributed by atoms with van der Waals surface area (Å²) in [6.45, 7) is 5.15. The van der Waals surface area contributed by atoms with E-state index in [1.165, 1.54) is 5.56 Å². The molecule has 2 heterocycles. The van der Waals surface area contributed by atoms with Gasteiger partial charge in [0, 0.05) is 18.3 Å². The predicted molar refractivity (Wildman–Crippen MR) is 117 cm³/mol. The van der Waals surface area contributed by atoms with Crippen LogP contribution in [-0.4, -0.2) is 27.5 Å². The molecular weight excluding hydrogens is 388 g/mol. The van der Waals surface area contributed by atoms with Crippen molar-refractivity contribution in [1.29, 1.82) is 5.26 Å². The van der Waals surface area contributed by atoms with Crippen molar-refractivity contribution in [1.82, 2.24) is 14.5 Å². The predicted octanol–water partition coefficient (Wildman–Crippen LogP) is 4.16. The zero-order chi connectivity index (χ0) is 22.0. The summed E-state index contributed by atoms with van der Waals surface area (Å²) in [5.74, 6) is 0.558. The van der Waals surface area contributed by atoms with Gasteiger partial charge in [0.1, 0.15) is 5.75 Å². The lowest BCUT2D eigenvalue weighted by Crippen LogP contribution is -2.55. The number of methoxy groups -OCH3 is 1. The van der Waals surface area contributed by atoms with Crippen LogP contribution in [0.3, 0.4) is 0 Å². The monoisotopic (exact) mass is 414 g/mol. The Hall–Kier alpha value is -3.59. The van der Waals surface area contributed by atoms with Gasteiger partial charge in [-0.1, -0.05) is 49.2 Å². The van der Waals surface area contributed by atoms with Crippen LogP contribution in [0.25, 0.3) is 0 Å². The molecule has 2 aromatic carbocycles. The van der Waals surface area contributed by atoms with Crippen LogP contribution >= 0.6 is 0 Å². The van der Waals surface area contributed by atoms with Gasteiger partial charge in [-0.25, -0.2) is 4.98 Å². The highest BCUT2D eigenvalue weighted by molar-refractivity contribution is 5.90. The standard InChI is InChI=1S/C25H26N4O2/c1-4-10-25(22-9-8-19(13-26)12-23(22)31-3)24(30)28(16-21-14-27-17-29(21)25)15-20-7-5-6-18(2)11-20/h5-9,11-12,14,17H,4,10,15-16H2,1-3H3. The lowest BCUT2D eigenvalue weighted by atomic mass is 9.81. The van der Waals surface area contributed by atoms with Crippen molar-refractivity contribution in [3.05, 3.63) is 82.9 Å². The Morgan fingerprint density at radius 3 is 2.81 bits per heavy atom. The number of hydrogen-bond donors (Lipinski definition) is 0. The molecule has 6 nitrogen and oxygen atoms in total. The highest BCUT2D eigenvalue weighted by Crippen LogP contribution is 2.43. The number of carbonyl (C=O) groups is 1. The van der Waals surface area contributed by atoms with E-state index < -0.39 is 5.54 Å². The highest BCUT2D eigenvalue weighted by Gasteiger charge is 2.49. The number of benzene rings is 2. The number of fused-ring (bicyclic) bond motifs is 1. The number of imidazole rings is 1. The Bertz CT molecular complexity index is 1160. The quantitative estimate of drug-likeness (QED) is 0.607. The van der Waals surface area contributed by atoms with Gasteiger partial charge in [0.25, 0.3) is 5.91 Å². The summed E-state index contributed by atoms with van der Waals surface area (Å²) < 4.78 is 7.66. The average Bonchev–Trinajstić information content (AvgIpc) is 3.25. The molecule has 0 spiro atoms. The fourth-order valence-electron chi connectivity index (χ4n) is 4.64. The molecule has 31 heavy (non-hydrogen) atoms. The zero-order valence-corrected chi connectivity index (χ0v) is 18.1. The first-order chi connectivity index (χ1) is 15.0. The van der Waals surface area contributed by atoms with Crippen LogP contribution in [0.2, 0.25) is 0 Å². The van der Waals surface area contributed by atoms with E-state index in [9.17, 15) is 10.1 Å². The van der Waals surface area contributed by atoms with E-state index >= 15 is 0 Å². The molecule has 1 unspecified atom stereocenters. The number of nitrogens with zero attached hydrogens (tertiary/aromatic N) is 4. The number of aryl methyl sites for hydroxylation is 1. The van der Waals surface area contributed by atoms with E-state index in [-0.39, 0.29) is 5.91 Å². The van der Waals surface area contributed by atoms with Gasteiger partial charge >= 0.3 is 0 Å². The van der Waals surface area contributed by atoms with Crippen molar-refractivity contribution in [2.45, 2.75) is 45.3 Å². The third-order valence-corrected chi connectivity index (χ3v) is 5.96. The smallest absolute Gasteiger partial charge is 0.254 e. The minimum atomic E-state index is -0.970. The third-order valence-electron chi connectivity index (χ3n) is 5.96. The molecule has 1 aliphatic heterocycles. The molecule has 3 aromatic rings. The molecule has 0 saturated carbocycles. The Balaban J connectivity index is 1.88. The lowest BCUT2D eigenvalue weighted by molar-refractivity contribution is -0.143. The maximum absolute atomic E-state index is 14.2. The van der Waals surface area contributed by atoms with Crippen molar-refractivity contribution in [3.63, 3.8) is 0 Å². The number of aromatic nitrogens is 2. The van der Waals surface area contributed by atoms with E-state index in [1.807, 2.05) is 27.8 Å². The molecule has 0 radical (unpaired) electrons. The third kappa shape index (κ3) is 3.46. The van der Waals surface area contributed by atoms with Crippen molar-refractivity contribution < 1.29 is 9.53 Å². The fraction of sp³-hybridized carbons (Fsp3) is 0.320. The van der Waals surface area contributed by atoms with E-state index in [2.05, 4.69) is 43.1 Å². The Morgan fingerprint density at radius 1 is 1.26 bits per heavy atom. The zero-order valence-electron chi connectivity index (χ0n) is 18.1. The molecule has 0 N–H and O–H groups in total. The SMILES string of the molecule is CCCC1(c2ccc(C#N)cc2OC)C(=O)N(Cc2cccc(C)c2)Cc2cncn21. The van der Waals surface area contributed by atoms with Gasteiger partial charge in [-0.3, -0.25) is 4.79 Å². The molecule has 0 fully saturated rings. The first-order valence-electron chi connectivity index (χ1n) is 10.5. The summed E-state index contributed by atoms with van der Waals surface area (Å²) in [7, 11) is 1.58. The molecule has 1 atom stereocenters. The van der Waals surface area contributed by atoms with Crippen molar-refractivity contribution >= 4 is 5.91 Å². The van der Waals surface area contributed by atoms with Gasteiger partial charge in [-0.15, -0.1) is 0 Å².